The number of carbonyl (C=O) groups is 1. The van der Waals surface area contributed by atoms with Crippen molar-refractivity contribution in [3.63, 3.8) is 0 Å². The highest BCUT2D eigenvalue weighted by Gasteiger charge is 2.18. The molecule has 5 heteroatoms. The first-order chi connectivity index (χ1) is 9.59. The number of hydrogen-bond donors (Lipinski definition) is 1. The van der Waals surface area contributed by atoms with Gasteiger partial charge in [0.05, 0.1) is 12.3 Å². The third kappa shape index (κ3) is 3.40. The number of likely N-dealkylation sites (N-methyl/N-ethyl adjacent to an activating group) is 1. The minimum Gasteiger partial charge on any atom is -0.459 e. The van der Waals surface area contributed by atoms with Crippen molar-refractivity contribution < 1.29 is 9.21 Å². The van der Waals surface area contributed by atoms with E-state index in [1.807, 2.05) is 43.3 Å². The van der Waals surface area contributed by atoms with Gasteiger partial charge in [-0.1, -0.05) is 29.8 Å². The summed E-state index contributed by atoms with van der Waals surface area (Å²) in [6.07, 6.45) is 1.48. The summed E-state index contributed by atoms with van der Waals surface area (Å²) in [7, 11) is 3.90. The van der Waals surface area contributed by atoms with Gasteiger partial charge in [-0.15, -0.1) is 0 Å². The highest BCUT2D eigenvalue weighted by Crippen LogP contribution is 2.25. The van der Waals surface area contributed by atoms with E-state index < -0.39 is 0 Å². The van der Waals surface area contributed by atoms with Crippen LogP contribution in [0.1, 0.15) is 22.2 Å². The molecule has 0 saturated heterocycles. The molecule has 20 heavy (non-hydrogen) atoms. The summed E-state index contributed by atoms with van der Waals surface area (Å²) in [4.78, 5) is 13.9. The SMILES string of the molecule is CN(C)C(CNC(=O)c1ccco1)c1ccccc1Cl. The molecular formula is C15H17ClN2O2. The van der Waals surface area contributed by atoms with Gasteiger partial charge >= 0.3 is 0 Å². The summed E-state index contributed by atoms with van der Waals surface area (Å²) in [5.74, 6) is 0.0792. The Labute approximate surface area is 123 Å². The summed E-state index contributed by atoms with van der Waals surface area (Å²) in [6, 6.07) is 11.0. The lowest BCUT2D eigenvalue weighted by atomic mass is 10.1. The van der Waals surface area contributed by atoms with E-state index in [1.54, 1.807) is 12.1 Å². The van der Waals surface area contributed by atoms with E-state index in [4.69, 9.17) is 16.0 Å². The van der Waals surface area contributed by atoms with Crippen LogP contribution in [0.4, 0.5) is 0 Å². The van der Waals surface area contributed by atoms with Gasteiger partial charge in [-0.05, 0) is 37.9 Å². The molecule has 0 bridgehead atoms. The lowest BCUT2D eigenvalue weighted by Crippen LogP contribution is -2.34. The number of benzene rings is 1. The maximum atomic E-state index is 11.9. The fourth-order valence-corrected chi connectivity index (χ4v) is 2.26. The summed E-state index contributed by atoms with van der Waals surface area (Å²) in [6.45, 7) is 0.455. The topological polar surface area (TPSA) is 45.5 Å². The largest absolute Gasteiger partial charge is 0.459 e. The van der Waals surface area contributed by atoms with E-state index in [0.717, 1.165) is 5.56 Å². The number of furan rings is 1. The van der Waals surface area contributed by atoms with Gasteiger partial charge in [0.1, 0.15) is 0 Å². The molecular weight excluding hydrogens is 276 g/mol. The zero-order chi connectivity index (χ0) is 14.5. The first kappa shape index (κ1) is 14.6. The predicted molar refractivity (Wildman–Crippen MR) is 78.9 cm³/mol. The molecule has 0 aliphatic carbocycles. The molecule has 2 aromatic rings. The lowest BCUT2D eigenvalue weighted by molar-refractivity contribution is 0.0914. The maximum Gasteiger partial charge on any atom is 0.287 e. The van der Waals surface area contributed by atoms with Crippen molar-refractivity contribution >= 4 is 17.5 Å². The van der Waals surface area contributed by atoms with Crippen LogP contribution >= 0.6 is 11.6 Å². The molecule has 0 fully saturated rings. The average molecular weight is 293 g/mol. The molecule has 0 saturated carbocycles. The van der Waals surface area contributed by atoms with Gasteiger partial charge in [0, 0.05) is 11.6 Å². The van der Waals surface area contributed by atoms with Crippen LogP contribution in [0.2, 0.25) is 5.02 Å². The van der Waals surface area contributed by atoms with Crippen LogP contribution in [-0.2, 0) is 0 Å². The van der Waals surface area contributed by atoms with Crippen LogP contribution < -0.4 is 5.32 Å². The van der Waals surface area contributed by atoms with Crippen LogP contribution in [0.3, 0.4) is 0 Å². The molecule has 1 aromatic carbocycles. The fraction of sp³-hybridized carbons (Fsp3) is 0.267. The molecule has 1 N–H and O–H groups in total. The molecule has 0 radical (unpaired) electrons. The molecule has 0 aliphatic rings. The Morgan fingerprint density at radius 1 is 1.30 bits per heavy atom. The second kappa shape index (κ2) is 6.59. The number of nitrogens with one attached hydrogen (secondary N) is 1. The first-order valence-electron chi connectivity index (χ1n) is 6.32. The number of nitrogens with zero attached hydrogens (tertiary/aromatic N) is 1. The maximum absolute atomic E-state index is 11.9. The van der Waals surface area contributed by atoms with Crippen LogP contribution in [0.5, 0.6) is 0 Å². The molecule has 106 valence electrons. The fourth-order valence-electron chi connectivity index (χ4n) is 2.00. The predicted octanol–water partition coefficient (Wildman–Crippen LogP) is 2.97. The van der Waals surface area contributed by atoms with Crippen molar-refractivity contribution in [3.05, 3.63) is 59.0 Å². The van der Waals surface area contributed by atoms with Gasteiger partial charge in [-0.3, -0.25) is 4.79 Å². The lowest BCUT2D eigenvalue weighted by Gasteiger charge is -2.25. The Balaban J connectivity index is 2.08. The molecule has 0 aliphatic heterocycles. The Morgan fingerprint density at radius 3 is 2.65 bits per heavy atom. The zero-order valence-corrected chi connectivity index (χ0v) is 12.2. The van der Waals surface area contributed by atoms with Crippen LogP contribution in [-0.4, -0.2) is 31.4 Å². The van der Waals surface area contributed by atoms with E-state index >= 15 is 0 Å². The van der Waals surface area contributed by atoms with Crippen molar-refractivity contribution in [3.8, 4) is 0 Å². The monoisotopic (exact) mass is 292 g/mol. The van der Waals surface area contributed by atoms with Gasteiger partial charge in [0.15, 0.2) is 5.76 Å². The number of hydrogen-bond acceptors (Lipinski definition) is 3. The highest BCUT2D eigenvalue weighted by atomic mass is 35.5. The standard InChI is InChI=1S/C15H17ClN2O2/c1-18(2)13(11-6-3-4-7-12(11)16)10-17-15(19)14-8-5-9-20-14/h3-9,13H,10H2,1-2H3,(H,17,19). The molecule has 2 rings (SSSR count). The summed E-state index contributed by atoms with van der Waals surface area (Å²) in [5, 5.41) is 3.55. The van der Waals surface area contributed by atoms with Gasteiger partial charge < -0.3 is 14.6 Å². The number of rotatable bonds is 5. The van der Waals surface area contributed by atoms with E-state index in [0.29, 0.717) is 17.3 Å². The molecule has 0 spiro atoms. The third-order valence-corrected chi connectivity index (χ3v) is 3.43. The molecule has 1 atom stereocenters. The van der Waals surface area contributed by atoms with E-state index in [9.17, 15) is 4.79 Å². The van der Waals surface area contributed by atoms with Gasteiger partial charge in [-0.25, -0.2) is 0 Å². The van der Waals surface area contributed by atoms with Gasteiger partial charge in [0.2, 0.25) is 0 Å². The van der Waals surface area contributed by atoms with Crippen molar-refractivity contribution in [1.29, 1.82) is 0 Å². The molecule has 1 aromatic heterocycles. The summed E-state index contributed by atoms with van der Waals surface area (Å²) < 4.78 is 5.07. The van der Waals surface area contributed by atoms with Gasteiger partial charge in [0.25, 0.3) is 5.91 Å². The van der Waals surface area contributed by atoms with E-state index in [-0.39, 0.29) is 11.9 Å². The molecule has 1 unspecified atom stereocenters. The van der Waals surface area contributed by atoms with E-state index in [2.05, 4.69) is 5.32 Å². The Morgan fingerprint density at radius 2 is 2.05 bits per heavy atom. The second-order valence-corrected chi connectivity index (χ2v) is 5.10. The summed E-state index contributed by atoms with van der Waals surface area (Å²) >= 11 is 6.22. The minimum atomic E-state index is -0.228. The first-order valence-corrected chi connectivity index (χ1v) is 6.70. The quantitative estimate of drug-likeness (QED) is 0.921. The second-order valence-electron chi connectivity index (χ2n) is 4.69. The van der Waals surface area contributed by atoms with Crippen molar-refractivity contribution in [2.75, 3.05) is 20.6 Å². The van der Waals surface area contributed by atoms with Crippen LogP contribution in [0, 0.1) is 0 Å². The molecule has 1 heterocycles. The number of halogens is 1. The minimum absolute atomic E-state index is 0.00242. The molecule has 1 amide bonds. The smallest absolute Gasteiger partial charge is 0.287 e. The van der Waals surface area contributed by atoms with Crippen molar-refractivity contribution in [2.24, 2.45) is 0 Å². The number of carbonyl (C=O) groups excluding carboxylic acids is 1. The third-order valence-electron chi connectivity index (χ3n) is 3.09. The van der Waals surface area contributed by atoms with Crippen molar-refractivity contribution in [1.82, 2.24) is 10.2 Å². The van der Waals surface area contributed by atoms with Gasteiger partial charge in [-0.2, -0.15) is 0 Å². The number of amides is 1. The average Bonchev–Trinajstić information content (AvgIpc) is 2.94. The Bertz CT molecular complexity index is 567. The zero-order valence-electron chi connectivity index (χ0n) is 11.5. The Hall–Kier alpha value is -1.78. The summed E-state index contributed by atoms with van der Waals surface area (Å²) in [5.41, 5.74) is 0.985. The highest BCUT2D eigenvalue weighted by molar-refractivity contribution is 6.31. The normalized spacial score (nSPS) is 12.4. The van der Waals surface area contributed by atoms with Crippen LogP contribution in [0.15, 0.2) is 47.1 Å². The molecule has 4 nitrogen and oxygen atoms in total. The van der Waals surface area contributed by atoms with E-state index in [1.165, 1.54) is 6.26 Å². The Kier molecular flexibility index (Phi) is 4.82. The van der Waals surface area contributed by atoms with Crippen LogP contribution in [0.25, 0.3) is 0 Å². The van der Waals surface area contributed by atoms with Crippen molar-refractivity contribution in [2.45, 2.75) is 6.04 Å².